The molecule has 0 saturated carbocycles. The molecule has 0 fully saturated rings. The fraction of sp³-hybridized carbons (Fsp3) is 0.176. The second-order valence-electron chi connectivity index (χ2n) is 5.40. The molecule has 2 aromatic rings. The van der Waals surface area contributed by atoms with E-state index in [9.17, 15) is 4.79 Å². The molecule has 1 aliphatic heterocycles. The first-order valence-corrected chi connectivity index (χ1v) is 7.87. The Hall–Kier alpha value is -1.78. The van der Waals surface area contributed by atoms with Gasteiger partial charge in [-0.2, -0.15) is 0 Å². The van der Waals surface area contributed by atoms with Crippen molar-refractivity contribution in [1.29, 1.82) is 0 Å². The van der Waals surface area contributed by atoms with Crippen LogP contribution in [0, 0.1) is 0 Å². The lowest BCUT2D eigenvalue weighted by Gasteiger charge is -2.21. The number of amides is 1. The zero-order valence-corrected chi connectivity index (χ0v) is 14.0. The Morgan fingerprint density at radius 2 is 1.96 bits per heavy atom. The molecule has 114 valence electrons. The summed E-state index contributed by atoms with van der Waals surface area (Å²) < 4.78 is 0. The van der Waals surface area contributed by atoms with E-state index >= 15 is 0 Å². The summed E-state index contributed by atoms with van der Waals surface area (Å²) in [7, 11) is 7.68. The predicted molar refractivity (Wildman–Crippen MR) is 96.6 cm³/mol. The van der Waals surface area contributed by atoms with Gasteiger partial charge in [0.1, 0.15) is 19.1 Å². The van der Waals surface area contributed by atoms with Gasteiger partial charge in [0.2, 0.25) is 0 Å². The maximum absolute atomic E-state index is 12.7. The average Bonchev–Trinajstić information content (AvgIpc) is 2.61. The normalized spacial score (nSPS) is 17.5. The summed E-state index contributed by atoms with van der Waals surface area (Å²) in [6, 6.07) is 12.0. The molecule has 3 nitrogen and oxygen atoms in total. The fourth-order valence-electron chi connectivity index (χ4n) is 2.63. The van der Waals surface area contributed by atoms with Crippen LogP contribution in [-0.2, 0) is 11.2 Å². The Bertz CT molecular complexity index is 807. The fourth-order valence-corrected chi connectivity index (χ4v) is 3.07. The van der Waals surface area contributed by atoms with Crippen molar-refractivity contribution in [3.63, 3.8) is 0 Å². The molecule has 23 heavy (non-hydrogen) atoms. The molecule has 6 heteroatoms. The van der Waals surface area contributed by atoms with Gasteiger partial charge in [-0.25, -0.2) is 0 Å². The molecule has 3 rings (SSSR count). The minimum atomic E-state index is -0.622. The Kier molecular flexibility index (Phi) is 4.47. The molecule has 0 aliphatic carbocycles. The number of anilines is 1. The summed E-state index contributed by atoms with van der Waals surface area (Å²) >= 11 is 12.4. The van der Waals surface area contributed by atoms with Crippen molar-refractivity contribution in [2.24, 2.45) is 4.99 Å². The van der Waals surface area contributed by atoms with Crippen molar-refractivity contribution in [3.05, 3.63) is 58.6 Å². The highest BCUT2D eigenvalue weighted by atomic mass is 35.5. The smallest absolute Gasteiger partial charge is 0.251 e. The Labute approximate surface area is 146 Å². The van der Waals surface area contributed by atoms with Gasteiger partial charge >= 0.3 is 0 Å². The third-order valence-corrected chi connectivity index (χ3v) is 4.43. The number of benzene rings is 2. The van der Waals surface area contributed by atoms with Gasteiger partial charge in [-0.1, -0.05) is 58.5 Å². The zero-order valence-electron chi connectivity index (χ0n) is 12.5. The molecule has 0 spiro atoms. The number of hydrogen-bond donors (Lipinski definition) is 0. The van der Waals surface area contributed by atoms with Gasteiger partial charge in [-0.05, 0) is 18.2 Å². The van der Waals surface area contributed by atoms with E-state index in [0.717, 1.165) is 5.56 Å². The first-order chi connectivity index (χ1) is 11.0. The van der Waals surface area contributed by atoms with Gasteiger partial charge in [0.15, 0.2) is 0 Å². The number of aliphatic imine (C=N–C) groups is 1. The summed E-state index contributed by atoms with van der Waals surface area (Å²) in [5.74, 6) is -0.132. The molecule has 1 aliphatic rings. The van der Waals surface area contributed by atoms with E-state index in [-0.39, 0.29) is 11.1 Å². The van der Waals surface area contributed by atoms with Crippen LogP contribution in [0.4, 0.5) is 5.69 Å². The van der Waals surface area contributed by atoms with Crippen LogP contribution in [0.2, 0.25) is 5.02 Å². The lowest BCUT2D eigenvalue weighted by molar-refractivity contribution is -0.119. The number of carbonyl (C=O) groups is 1. The summed E-state index contributed by atoms with van der Waals surface area (Å²) in [5.41, 5.74) is 2.85. The summed E-state index contributed by atoms with van der Waals surface area (Å²) in [5, 5.41) is 0.823. The lowest BCUT2D eigenvalue weighted by Crippen LogP contribution is -2.36. The van der Waals surface area contributed by atoms with E-state index in [1.165, 1.54) is 0 Å². The van der Waals surface area contributed by atoms with Crippen LogP contribution in [0.15, 0.2) is 47.5 Å². The minimum absolute atomic E-state index is 0.132. The van der Waals surface area contributed by atoms with Crippen molar-refractivity contribution in [2.75, 3.05) is 11.9 Å². The van der Waals surface area contributed by atoms with Crippen LogP contribution in [0.3, 0.4) is 0 Å². The van der Waals surface area contributed by atoms with Crippen LogP contribution < -0.4 is 10.4 Å². The second kappa shape index (κ2) is 6.38. The van der Waals surface area contributed by atoms with Crippen LogP contribution in [0.1, 0.15) is 11.1 Å². The molecule has 1 amide bonds. The van der Waals surface area contributed by atoms with E-state index in [1.54, 1.807) is 36.2 Å². The van der Waals surface area contributed by atoms with Gasteiger partial charge in [0.25, 0.3) is 5.91 Å². The Morgan fingerprint density at radius 1 is 1.22 bits per heavy atom. The van der Waals surface area contributed by atoms with E-state index in [0.29, 0.717) is 28.2 Å². The highest BCUT2D eigenvalue weighted by Gasteiger charge is 2.29. The van der Waals surface area contributed by atoms with Crippen LogP contribution in [-0.4, -0.2) is 32.0 Å². The average molecular weight is 343 g/mol. The molecule has 0 bridgehead atoms. The maximum Gasteiger partial charge on any atom is 0.251 e. The number of likely N-dealkylation sites (N-methyl/N-ethyl adjacent to an activating group) is 1. The molecular weight excluding hydrogens is 330 g/mol. The molecule has 2 aromatic carbocycles. The van der Waals surface area contributed by atoms with E-state index in [4.69, 9.17) is 31.0 Å². The molecule has 0 aromatic heterocycles. The second-order valence-corrected chi connectivity index (χ2v) is 6.19. The van der Waals surface area contributed by atoms with E-state index in [1.807, 2.05) is 18.2 Å². The van der Waals surface area contributed by atoms with E-state index < -0.39 is 6.04 Å². The van der Waals surface area contributed by atoms with Crippen molar-refractivity contribution >= 4 is 53.3 Å². The molecular formula is C17H13BCl2N2O. The predicted octanol–water partition coefficient (Wildman–Crippen LogP) is 2.71. The van der Waals surface area contributed by atoms with Crippen LogP contribution in [0.5, 0.6) is 0 Å². The van der Waals surface area contributed by atoms with Gasteiger partial charge in [0, 0.05) is 24.1 Å². The molecule has 1 atom stereocenters. The van der Waals surface area contributed by atoms with Crippen molar-refractivity contribution in [2.45, 2.75) is 12.5 Å². The van der Waals surface area contributed by atoms with Crippen LogP contribution >= 0.6 is 23.2 Å². The molecule has 0 saturated heterocycles. The number of fused-ring (bicyclic) bond motifs is 1. The molecule has 1 heterocycles. The lowest BCUT2D eigenvalue weighted by atomic mass is 9.87. The van der Waals surface area contributed by atoms with Crippen molar-refractivity contribution < 1.29 is 4.79 Å². The standard InChI is InChI=1S/C17H13BCl2N2O/c1-22-15-7-6-11(19)9-12(15)16(20)21-14(17(22)23)8-10-4-2-3-5-13(10)18/h2-7,9,14H,8H2,1H3. The van der Waals surface area contributed by atoms with Gasteiger partial charge in [-0.15, -0.1) is 0 Å². The van der Waals surface area contributed by atoms with Gasteiger partial charge < -0.3 is 4.90 Å². The van der Waals surface area contributed by atoms with Crippen molar-refractivity contribution in [3.8, 4) is 0 Å². The largest absolute Gasteiger partial charge is 0.313 e. The van der Waals surface area contributed by atoms with Crippen LogP contribution in [0.25, 0.3) is 0 Å². The topological polar surface area (TPSA) is 32.7 Å². The molecule has 0 N–H and O–H groups in total. The molecule has 1 unspecified atom stereocenters. The highest BCUT2D eigenvalue weighted by Crippen LogP contribution is 2.29. The third kappa shape index (κ3) is 3.14. The summed E-state index contributed by atoms with van der Waals surface area (Å²) in [6.07, 6.45) is 0.397. The highest BCUT2D eigenvalue weighted by molar-refractivity contribution is 6.70. The monoisotopic (exact) mass is 342 g/mol. The molecule has 2 radical (unpaired) electrons. The number of carbonyl (C=O) groups excluding carboxylic acids is 1. The quantitative estimate of drug-likeness (QED) is 0.772. The number of nitrogens with zero attached hydrogens (tertiary/aromatic N) is 2. The Morgan fingerprint density at radius 3 is 2.70 bits per heavy atom. The first-order valence-electron chi connectivity index (χ1n) is 7.11. The SMILES string of the molecule is [B]c1ccccc1CC1N=C(Cl)c2cc(Cl)ccc2N(C)C1=O. The number of rotatable bonds is 2. The summed E-state index contributed by atoms with van der Waals surface area (Å²) in [6.45, 7) is 0. The van der Waals surface area contributed by atoms with Gasteiger partial charge in [0.05, 0.1) is 5.69 Å². The number of hydrogen-bond acceptors (Lipinski definition) is 2. The number of benzodiazepines with no additional fused rings is 1. The summed E-state index contributed by atoms with van der Waals surface area (Å²) in [4.78, 5) is 18.7. The first kappa shape index (κ1) is 16.1. The Balaban J connectivity index is 2.01. The zero-order chi connectivity index (χ0) is 16.6. The van der Waals surface area contributed by atoms with Crippen molar-refractivity contribution in [1.82, 2.24) is 0 Å². The van der Waals surface area contributed by atoms with Gasteiger partial charge in [-0.3, -0.25) is 9.79 Å². The minimum Gasteiger partial charge on any atom is -0.313 e. The number of halogens is 2. The third-order valence-electron chi connectivity index (χ3n) is 3.90. The van der Waals surface area contributed by atoms with E-state index in [2.05, 4.69) is 4.99 Å². The maximum atomic E-state index is 12.7.